The van der Waals surface area contributed by atoms with E-state index in [2.05, 4.69) is 15.0 Å². The van der Waals surface area contributed by atoms with E-state index in [0.717, 1.165) is 16.8 Å². The Kier molecular flexibility index (Phi) is 3.12. The van der Waals surface area contributed by atoms with E-state index in [1.807, 2.05) is 13.8 Å². The number of halogens is 1. The van der Waals surface area contributed by atoms with Gasteiger partial charge in [-0.1, -0.05) is 16.7 Å². The quantitative estimate of drug-likeness (QED) is 0.407. The molecule has 0 aliphatic carbocycles. The molecule has 0 aliphatic rings. The highest BCUT2D eigenvalue weighted by molar-refractivity contribution is 6.32. The number of azide groups is 1. The van der Waals surface area contributed by atoms with E-state index in [-0.39, 0.29) is 6.54 Å². The van der Waals surface area contributed by atoms with Crippen LogP contribution < -0.4 is 0 Å². The van der Waals surface area contributed by atoms with Gasteiger partial charge in [-0.3, -0.25) is 4.98 Å². The molecule has 0 aliphatic heterocycles. The molecule has 0 spiro atoms. The highest BCUT2D eigenvalue weighted by Crippen LogP contribution is 2.21. The molecule has 0 aromatic carbocycles. The Hall–Kier alpha value is -1.25. The van der Waals surface area contributed by atoms with E-state index in [4.69, 9.17) is 17.1 Å². The zero-order valence-corrected chi connectivity index (χ0v) is 8.21. The third-order valence-electron chi connectivity index (χ3n) is 1.81. The Balaban J connectivity index is 3.10. The van der Waals surface area contributed by atoms with Crippen LogP contribution in [0.1, 0.15) is 16.8 Å². The van der Waals surface area contributed by atoms with Crippen LogP contribution in [0.25, 0.3) is 10.4 Å². The molecule has 1 aromatic heterocycles. The SMILES string of the molecule is Cc1cnc(CN=[N+]=[N-])c(C)c1Cl. The van der Waals surface area contributed by atoms with Gasteiger partial charge in [0.1, 0.15) is 0 Å². The molecule has 5 heteroatoms. The molecule has 1 aromatic rings. The first-order chi connectivity index (χ1) is 6.16. The molecule has 13 heavy (non-hydrogen) atoms. The molecule has 1 heterocycles. The summed E-state index contributed by atoms with van der Waals surface area (Å²) in [4.78, 5) is 6.79. The van der Waals surface area contributed by atoms with Gasteiger partial charge < -0.3 is 0 Å². The molecule has 0 N–H and O–H groups in total. The fourth-order valence-corrected chi connectivity index (χ4v) is 1.17. The highest BCUT2D eigenvalue weighted by Gasteiger charge is 2.05. The lowest BCUT2D eigenvalue weighted by Gasteiger charge is -2.05. The highest BCUT2D eigenvalue weighted by atomic mass is 35.5. The summed E-state index contributed by atoms with van der Waals surface area (Å²) in [7, 11) is 0. The van der Waals surface area contributed by atoms with Crippen LogP contribution in [0.4, 0.5) is 0 Å². The van der Waals surface area contributed by atoms with E-state index in [0.29, 0.717) is 5.02 Å². The predicted molar refractivity (Wildman–Crippen MR) is 51.6 cm³/mol. The molecule has 4 nitrogen and oxygen atoms in total. The topological polar surface area (TPSA) is 61.7 Å². The van der Waals surface area contributed by atoms with Crippen molar-refractivity contribution in [3.8, 4) is 0 Å². The van der Waals surface area contributed by atoms with Crippen molar-refractivity contribution in [3.05, 3.63) is 38.5 Å². The van der Waals surface area contributed by atoms with Gasteiger partial charge in [0.25, 0.3) is 0 Å². The van der Waals surface area contributed by atoms with Crippen molar-refractivity contribution in [1.29, 1.82) is 0 Å². The number of pyridine rings is 1. The standard InChI is InChI=1S/C8H9ClN4/c1-5-3-11-7(4-12-13-10)6(2)8(5)9/h3H,4H2,1-2H3. The minimum atomic E-state index is 0.252. The van der Waals surface area contributed by atoms with Crippen LogP contribution in [0, 0.1) is 13.8 Å². The number of rotatable bonds is 2. The van der Waals surface area contributed by atoms with Crippen LogP contribution >= 0.6 is 11.6 Å². The summed E-state index contributed by atoms with van der Waals surface area (Å²) in [5, 5.41) is 4.13. The van der Waals surface area contributed by atoms with Crippen molar-refractivity contribution in [1.82, 2.24) is 4.98 Å². The number of hydrogen-bond donors (Lipinski definition) is 0. The smallest absolute Gasteiger partial charge is 0.0687 e. The molecule has 0 amide bonds. The predicted octanol–water partition coefficient (Wildman–Crippen LogP) is 3.16. The monoisotopic (exact) mass is 196 g/mol. The summed E-state index contributed by atoms with van der Waals surface area (Å²) in [5.41, 5.74) is 10.7. The van der Waals surface area contributed by atoms with E-state index < -0.39 is 0 Å². The summed E-state index contributed by atoms with van der Waals surface area (Å²) in [6.45, 7) is 4.01. The summed E-state index contributed by atoms with van der Waals surface area (Å²) in [5.74, 6) is 0. The molecule has 0 saturated carbocycles. The molecule has 1 rings (SSSR count). The number of aryl methyl sites for hydroxylation is 1. The van der Waals surface area contributed by atoms with Crippen molar-refractivity contribution >= 4 is 11.6 Å². The van der Waals surface area contributed by atoms with Gasteiger partial charge in [0.15, 0.2) is 0 Å². The Morgan fingerprint density at radius 2 is 2.31 bits per heavy atom. The maximum Gasteiger partial charge on any atom is 0.0687 e. The zero-order valence-electron chi connectivity index (χ0n) is 7.45. The largest absolute Gasteiger partial charge is 0.261 e. The van der Waals surface area contributed by atoms with E-state index in [1.54, 1.807) is 6.20 Å². The molecule has 0 radical (unpaired) electrons. The van der Waals surface area contributed by atoms with Gasteiger partial charge in [-0.25, -0.2) is 0 Å². The fraction of sp³-hybridized carbons (Fsp3) is 0.375. The van der Waals surface area contributed by atoms with E-state index in [1.165, 1.54) is 0 Å². The normalized spacial score (nSPS) is 9.46. The number of nitrogens with zero attached hydrogens (tertiary/aromatic N) is 4. The van der Waals surface area contributed by atoms with Gasteiger partial charge in [-0.15, -0.1) is 0 Å². The zero-order chi connectivity index (χ0) is 9.84. The third kappa shape index (κ3) is 2.11. The summed E-state index contributed by atoms with van der Waals surface area (Å²) < 4.78 is 0. The second-order valence-corrected chi connectivity index (χ2v) is 3.09. The number of aromatic nitrogens is 1. The molecule has 0 bridgehead atoms. The first-order valence-electron chi connectivity index (χ1n) is 3.78. The van der Waals surface area contributed by atoms with Crippen LogP contribution in [0.15, 0.2) is 11.3 Å². The molecular weight excluding hydrogens is 188 g/mol. The van der Waals surface area contributed by atoms with E-state index >= 15 is 0 Å². The van der Waals surface area contributed by atoms with Gasteiger partial charge in [0.2, 0.25) is 0 Å². The second-order valence-electron chi connectivity index (χ2n) is 2.72. The van der Waals surface area contributed by atoms with Crippen molar-refractivity contribution in [2.24, 2.45) is 5.11 Å². The summed E-state index contributed by atoms with van der Waals surface area (Å²) in [6, 6.07) is 0. The lowest BCUT2D eigenvalue weighted by atomic mass is 10.1. The van der Waals surface area contributed by atoms with Crippen LogP contribution in [0.2, 0.25) is 5.02 Å². The maximum atomic E-state index is 8.14. The first kappa shape index (κ1) is 9.84. The Morgan fingerprint density at radius 1 is 1.62 bits per heavy atom. The molecule has 0 fully saturated rings. The van der Waals surface area contributed by atoms with Gasteiger partial charge >= 0.3 is 0 Å². The maximum absolute atomic E-state index is 8.14. The summed E-state index contributed by atoms with van der Waals surface area (Å²) in [6.07, 6.45) is 1.68. The minimum absolute atomic E-state index is 0.252. The molecule has 0 unspecified atom stereocenters. The van der Waals surface area contributed by atoms with Crippen molar-refractivity contribution in [2.75, 3.05) is 0 Å². The molecule has 0 atom stereocenters. The van der Waals surface area contributed by atoms with Crippen LogP contribution in [0.3, 0.4) is 0 Å². The Bertz CT molecular complexity index is 369. The molecular formula is C8H9ClN4. The Morgan fingerprint density at radius 3 is 2.92 bits per heavy atom. The second kappa shape index (κ2) is 4.12. The van der Waals surface area contributed by atoms with Crippen LogP contribution in [-0.4, -0.2) is 4.98 Å². The van der Waals surface area contributed by atoms with Gasteiger partial charge in [0.05, 0.1) is 12.2 Å². The Labute approximate surface area is 81.2 Å². The van der Waals surface area contributed by atoms with Gasteiger partial charge in [-0.05, 0) is 30.5 Å². The third-order valence-corrected chi connectivity index (χ3v) is 2.39. The van der Waals surface area contributed by atoms with Crippen LogP contribution in [-0.2, 0) is 6.54 Å². The average molecular weight is 197 g/mol. The fourth-order valence-electron chi connectivity index (χ4n) is 1.01. The minimum Gasteiger partial charge on any atom is -0.261 e. The lowest BCUT2D eigenvalue weighted by Crippen LogP contribution is -1.94. The van der Waals surface area contributed by atoms with Gasteiger partial charge in [0, 0.05) is 16.1 Å². The lowest BCUT2D eigenvalue weighted by molar-refractivity contribution is 0.950. The van der Waals surface area contributed by atoms with Crippen molar-refractivity contribution < 1.29 is 0 Å². The number of hydrogen-bond acceptors (Lipinski definition) is 2. The van der Waals surface area contributed by atoms with Crippen LogP contribution in [0.5, 0.6) is 0 Å². The summed E-state index contributed by atoms with van der Waals surface area (Å²) >= 11 is 5.99. The average Bonchev–Trinajstić information content (AvgIpc) is 2.13. The molecule has 0 saturated heterocycles. The first-order valence-corrected chi connectivity index (χ1v) is 4.16. The van der Waals surface area contributed by atoms with Crippen molar-refractivity contribution in [3.63, 3.8) is 0 Å². The van der Waals surface area contributed by atoms with Gasteiger partial charge in [-0.2, -0.15) is 0 Å². The molecule has 68 valence electrons. The van der Waals surface area contributed by atoms with Crippen molar-refractivity contribution in [2.45, 2.75) is 20.4 Å². The van der Waals surface area contributed by atoms with E-state index in [9.17, 15) is 0 Å².